The molecule has 0 amide bonds. The van der Waals surface area contributed by atoms with Gasteiger partial charge in [0.05, 0.1) is 5.75 Å². The van der Waals surface area contributed by atoms with E-state index >= 15 is 0 Å². The minimum Gasteiger partial charge on any atom is -1.00 e. The zero-order valence-electron chi connectivity index (χ0n) is 7.11. The largest absolute Gasteiger partial charge is 1.00 e. The second kappa shape index (κ2) is 5.85. The zero-order valence-corrected chi connectivity index (χ0v) is 9.82. The minimum absolute atomic E-state index is 0. The normalized spacial score (nSPS) is 13.9. The molecule has 0 heterocycles. The summed E-state index contributed by atoms with van der Waals surface area (Å²) in [6.45, 7) is 1.77. The van der Waals surface area contributed by atoms with Crippen LogP contribution in [-0.4, -0.2) is 24.0 Å². The Hall–Kier alpha value is 1.26. The standard InChI is InChI=1S/C4H10O3S2.Na.H/c1-4(8)2-3-9(5,6)7;;/h4,8H,2-3H2,1H3,(H,5,6,7);;/q;+1;-1. The van der Waals surface area contributed by atoms with Crippen LogP contribution < -0.4 is 29.6 Å². The SMILES string of the molecule is CC(S)CCS(=O)(=O)O.[H-].[Na+]. The summed E-state index contributed by atoms with van der Waals surface area (Å²) < 4.78 is 28.3. The van der Waals surface area contributed by atoms with Gasteiger partial charge in [0.25, 0.3) is 10.1 Å². The van der Waals surface area contributed by atoms with Gasteiger partial charge in [0, 0.05) is 0 Å². The molecule has 10 heavy (non-hydrogen) atoms. The summed E-state index contributed by atoms with van der Waals surface area (Å²) in [5.74, 6) is -0.197. The van der Waals surface area contributed by atoms with Gasteiger partial charge in [-0.25, -0.2) is 0 Å². The maximum Gasteiger partial charge on any atom is 1.00 e. The molecule has 0 aliphatic carbocycles. The van der Waals surface area contributed by atoms with Crippen molar-refractivity contribution in [3.05, 3.63) is 0 Å². The Morgan fingerprint density at radius 3 is 2.20 bits per heavy atom. The van der Waals surface area contributed by atoms with Crippen molar-refractivity contribution in [2.24, 2.45) is 0 Å². The number of thiol groups is 1. The van der Waals surface area contributed by atoms with Crippen LogP contribution in [0.15, 0.2) is 0 Å². The van der Waals surface area contributed by atoms with E-state index in [0.29, 0.717) is 6.42 Å². The molecule has 0 spiro atoms. The summed E-state index contributed by atoms with van der Waals surface area (Å²) in [6.07, 6.45) is 0.391. The maximum atomic E-state index is 10.1. The van der Waals surface area contributed by atoms with Gasteiger partial charge in [-0.2, -0.15) is 21.0 Å². The van der Waals surface area contributed by atoms with Crippen molar-refractivity contribution >= 4 is 22.7 Å². The molecule has 0 saturated heterocycles. The molecule has 1 atom stereocenters. The topological polar surface area (TPSA) is 54.4 Å². The molecule has 6 heteroatoms. The molecule has 1 unspecified atom stereocenters. The van der Waals surface area contributed by atoms with Crippen LogP contribution in [0.3, 0.4) is 0 Å². The first kappa shape index (κ1) is 13.8. The summed E-state index contributed by atoms with van der Waals surface area (Å²) in [5.41, 5.74) is 0. The van der Waals surface area contributed by atoms with E-state index in [9.17, 15) is 8.42 Å². The van der Waals surface area contributed by atoms with Gasteiger partial charge in [0.15, 0.2) is 0 Å². The molecule has 0 radical (unpaired) electrons. The summed E-state index contributed by atoms with van der Waals surface area (Å²) in [6, 6.07) is 0. The maximum absolute atomic E-state index is 10.1. The number of hydrogen-bond donors (Lipinski definition) is 2. The average molecular weight is 194 g/mol. The molecule has 0 aliphatic rings. The van der Waals surface area contributed by atoms with Gasteiger partial charge in [-0.15, -0.1) is 0 Å². The van der Waals surface area contributed by atoms with Crippen molar-refractivity contribution in [2.45, 2.75) is 18.6 Å². The summed E-state index contributed by atoms with van der Waals surface area (Å²) in [7, 11) is -3.77. The molecule has 0 fully saturated rings. The molecule has 0 aliphatic heterocycles. The van der Waals surface area contributed by atoms with Crippen molar-refractivity contribution < 1.29 is 44.0 Å². The van der Waals surface area contributed by atoms with Gasteiger partial charge in [-0.05, 0) is 11.7 Å². The molecule has 0 bridgehead atoms. The molecule has 0 aromatic rings. The Balaban J connectivity index is -0.000000320. The first-order valence-electron chi connectivity index (χ1n) is 2.55. The third kappa shape index (κ3) is 12.0. The second-order valence-corrected chi connectivity index (χ2v) is 4.38. The Kier molecular flexibility index (Phi) is 8.09. The molecular formula is C4H11NaO3S2. The molecule has 1 N–H and O–H groups in total. The molecule has 58 valence electrons. The fraction of sp³-hybridized carbons (Fsp3) is 1.00. The number of rotatable bonds is 3. The van der Waals surface area contributed by atoms with E-state index in [1.165, 1.54) is 0 Å². The van der Waals surface area contributed by atoms with Crippen molar-refractivity contribution in [1.29, 1.82) is 0 Å². The van der Waals surface area contributed by atoms with E-state index in [0.717, 1.165) is 0 Å². The first-order valence-corrected chi connectivity index (χ1v) is 4.67. The summed E-state index contributed by atoms with van der Waals surface area (Å²) in [5, 5.41) is 0.0203. The summed E-state index contributed by atoms with van der Waals surface area (Å²) >= 11 is 3.93. The van der Waals surface area contributed by atoms with E-state index in [2.05, 4.69) is 12.6 Å². The van der Waals surface area contributed by atoms with Gasteiger partial charge in [-0.1, -0.05) is 6.92 Å². The monoisotopic (exact) mass is 194 g/mol. The van der Waals surface area contributed by atoms with E-state index in [1.54, 1.807) is 6.92 Å². The average Bonchev–Trinajstić information content (AvgIpc) is 1.59. The van der Waals surface area contributed by atoms with Crippen LogP contribution in [0, 0.1) is 0 Å². The molecule has 0 saturated carbocycles. The van der Waals surface area contributed by atoms with Crippen molar-refractivity contribution in [3.8, 4) is 0 Å². The predicted octanol–water partition coefficient (Wildman–Crippen LogP) is -2.30. The van der Waals surface area contributed by atoms with E-state index in [-0.39, 0.29) is 42.0 Å². The Morgan fingerprint density at radius 1 is 1.70 bits per heavy atom. The number of hydrogen-bond acceptors (Lipinski definition) is 3. The van der Waals surface area contributed by atoms with Gasteiger partial charge >= 0.3 is 29.6 Å². The van der Waals surface area contributed by atoms with E-state index in [4.69, 9.17) is 4.55 Å². The van der Waals surface area contributed by atoms with Crippen LogP contribution in [0.5, 0.6) is 0 Å². The fourth-order valence-corrected chi connectivity index (χ4v) is 1.27. The second-order valence-electron chi connectivity index (χ2n) is 1.92. The van der Waals surface area contributed by atoms with Crippen LogP contribution in [0.1, 0.15) is 14.8 Å². The minimum atomic E-state index is -3.77. The first-order chi connectivity index (χ1) is 3.92. The molecule has 0 aromatic carbocycles. The Labute approximate surface area is 90.5 Å². The molecular weight excluding hydrogens is 183 g/mol. The van der Waals surface area contributed by atoms with Crippen LogP contribution in [0.4, 0.5) is 0 Å². The van der Waals surface area contributed by atoms with Crippen LogP contribution in [-0.2, 0) is 10.1 Å². The van der Waals surface area contributed by atoms with E-state index in [1.807, 2.05) is 0 Å². The van der Waals surface area contributed by atoms with Crippen LogP contribution >= 0.6 is 12.6 Å². The third-order valence-corrected chi connectivity index (χ3v) is 1.80. The Morgan fingerprint density at radius 2 is 2.10 bits per heavy atom. The van der Waals surface area contributed by atoms with Crippen LogP contribution in [0.2, 0.25) is 0 Å². The van der Waals surface area contributed by atoms with Crippen LogP contribution in [0.25, 0.3) is 0 Å². The van der Waals surface area contributed by atoms with Gasteiger partial charge in [0.2, 0.25) is 0 Å². The van der Waals surface area contributed by atoms with Gasteiger partial charge in [-0.3, -0.25) is 4.55 Å². The zero-order chi connectivity index (χ0) is 7.49. The fourth-order valence-electron chi connectivity index (χ4n) is 0.319. The van der Waals surface area contributed by atoms with Crippen molar-refractivity contribution in [2.75, 3.05) is 5.75 Å². The van der Waals surface area contributed by atoms with Crippen molar-refractivity contribution in [3.63, 3.8) is 0 Å². The summed E-state index contributed by atoms with van der Waals surface area (Å²) in [4.78, 5) is 0. The van der Waals surface area contributed by atoms with E-state index < -0.39 is 10.1 Å². The van der Waals surface area contributed by atoms with Gasteiger partial charge in [0.1, 0.15) is 0 Å². The molecule has 0 aromatic heterocycles. The predicted molar refractivity (Wildman–Crippen MR) is 40.6 cm³/mol. The molecule has 3 nitrogen and oxygen atoms in total. The molecule has 0 rings (SSSR count). The Bertz CT molecular complexity index is 168. The smallest absolute Gasteiger partial charge is 1.00 e. The third-order valence-electron chi connectivity index (χ3n) is 0.794. The van der Waals surface area contributed by atoms with Gasteiger partial charge < -0.3 is 1.43 Å². The quantitative estimate of drug-likeness (QED) is 0.302. The van der Waals surface area contributed by atoms with Crippen molar-refractivity contribution in [1.82, 2.24) is 0 Å².